The number of hydrogen-bond donors (Lipinski definition) is 0. The summed E-state index contributed by atoms with van der Waals surface area (Å²) in [4.78, 5) is 16.9. The molecule has 0 radical (unpaired) electrons. The Morgan fingerprint density at radius 3 is 2.63 bits per heavy atom. The highest BCUT2D eigenvalue weighted by molar-refractivity contribution is 5.94. The van der Waals surface area contributed by atoms with Crippen molar-refractivity contribution in [1.82, 2.24) is 19.7 Å². The molecule has 0 spiro atoms. The number of ether oxygens (including phenoxy) is 1. The second-order valence-electron chi connectivity index (χ2n) is 6.05. The number of esters is 1. The molecule has 0 saturated carbocycles. The summed E-state index contributed by atoms with van der Waals surface area (Å²) in [6, 6.07) is 15.3. The van der Waals surface area contributed by atoms with E-state index in [9.17, 15) is 4.79 Å². The first-order chi connectivity index (χ1) is 13.2. The molecule has 0 aliphatic carbocycles. The average Bonchev–Trinajstić information content (AvgIpc) is 3.29. The summed E-state index contributed by atoms with van der Waals surface area (Å²) in [6.45, 7) is 3.79. The number of para-hydroxylation sites is 1. The third-order valence-corrected chi connectivity index (χ3v) is 4.21. The van der Waals surface area contributed by atoms with Crippen LogP contribution in [0.15, 0.2) is 52.9 Å². The fourth-order valence-corrected chi connectivity index (χ4v) is 2.93. The number of imidazole rings is 1. The van der Waals surface area contributed by atoms with Crippen molar-refractivity contribution in [1.29, 1.82) is 0 Å². The quantitative estimate of drug-likeness (QED) is 0.504. The zero-order valence-electron chi connectivity index (χ0n) is 15.0. The van der Waals surface area contributed by atoms with Crippen molar-refractivity contribution < 1.29 is 13.9 Å². The molecule has 0 amide bonds. The first-order valence-corrected chi connectivity index (χ1v) is 8.68. The number of nitrogens with zero attached hydrogens (tertiary/aromatic N) is 4. The standard InChI is InChI=1S/C20H18N4O3/c1-3-18-22-23-19(27-18)12-26-20(25)14-9-10-17-16(11-14)21-13(2)24(17)15-7-5-4-6-8-15/h4-11H,3,12H2,1-2H3. The zero-order chi connectivity index (χ0) is 18.8. The Morgan fingerprint density at radius 1 is 1.11 bits per heavy atom. The summed E-state index contributed by atoms with van der Waals surface area (Å²) in [7, 11) is 0. The molecule has 27 heavy (non-hydrogen) atoms. The van der Waals surface area contributed by atoms with Gasteiger partial charge in [0.25, 0.3) is 5.89 Å². The van der Waals surface area contributed by atoms with Crippen molar-refractivity contribution in [2.75, 3.05) is 0 Å². The molecular weight excluding hydrogens is 344 g/mol. The van der Waals surface area contributed by atoms with E-state index in [1.165, 1.54) is 0 Å². The molecule has 2 aromatic heterocycles. The highest BCUT2D eigenvalue weighted by Gasteiger charge is 2.15. The van der Waals surface area contributed by atoms with Crippen molar-refractivity contribution in [2.24, 2.45) is 0 Å². The molecular formula is C20H18N4O3. The monoisotopic (exact) mass is 362 g/mol. The maximum atomic E-state index is 12.4. The van der Waals surface area contributed by atoms with E-state index in [2.05, 4.69) is 19.7 Å². The van der Waals surface area contributed by atoms with Crippen molar-refractivity contribution in [2.45, 2.75) is 26.9 Å². The topological polar surface area (TPSA) is 83.0 Å². The van der Waals surface area contributed by atoms with E-state index in [-0.39, 0.29) is 12.5 Å². The normalized spacial score (nSPS) is 11.0. The SMILES string of the molecule is CCc1nnc(COC(=O)c2ccc3c(c2)nc(C)n3-c2ccccc2)o1. The third-order valence-electron chi connectivity index (χ3n) is 4.21. The number of aromatic nitrogens is 4. The number of hydrogen-bond acceptors (Lipinski definition) is 6. The van der Waals surface area contributed by atoms with Gasteiger partial charge in [0, 0.05) is 12.1 Å². The van der Waals surface area contributed by atoms with Crippen LogP contribution < -0.4 is 0 Å². The number of rotatable bonds is 5. The molecule has 4 rings (SSSR count). The minimum atomic E-state index is -0.458. The Balaban J connectivity index is 1.57. The van der Waals surface area contributed by atoms with Crippen LogP contribution in [-0.4, -0.2) is 25.7 Å². The molecule has 0 aliphatic rings. The van der Waals surface area contributed by atoms with Crippen LogP contribution in [0.2, 0.25) is 0 Å². The van der Waals surface area contributed by atoms with Crippen molar-refractivity contribution in [3.63, 3.8) is 0 Å². The Bertz CT molecular complexity index is 1100. The van der Waals surface area contributed by atoms with Crippen LogP contribution >= 0.6 is 0 Å². The van der Waals surface area contributed by atoms with Gasteiger partial charge in [-0.2, -0.15) is 0 Å². The highest BCUT2D eigenvalue weighted by Crippen LogP contribution is 2.22. The van der Waals surface area contributed by atoms with Crippen molar-refractivity contribution >= 4 is 17.0 Å². The third kappa shape index (κ3) is 3.31. The lowest BCUT2D eigenvalue weighted by Gasteiger charge is -2.07. The Labute approximate surface area is 155 Å². The Kier molecular flexibility index (Phi) is 4.42. The Hall–Kier alpha value is -3.48. The van der Waals surface area contributed by atoms with Gasteiger partial charge in [-0.15, -0.1) is 10.2 Å². The molecule has 0 N–H and O–H groups in total. The fraction of sp³-hybridized carbons (Fsp3) is 0.200. The van der Waals surface area contributed by atoms with Gasteiger partial charge in [-0.1, -0.05) is 25.1 Å². The first kappa shape index (κ1) is 17.0. The van der Waals surface area contributed by atoms with Crippen LogP contribution in [0.1, 0.15) is 34.9 Å². The molecule has 0 atom stereocenters. The minimum Gasteiger partial charge on any atom is -0.452 e. The van der Waals surface area contributed by atoms with Crippen molar-refractivity contribution in [3.05, 3.63) is 71.7 Å². The fourth-order valence-electron chi connectivity index (χ4n) is 2.93. The molecule has 0 unspecified atom stereocenters. The van der Waals surface area contributed by atoms with E-state index < -0.39 is 5.97 Å². The van der Waals surface area contributed by atoms with E-state index in [4.69, 9.17) is 9.15 Å². The predicted octanol–water partition coefficient (Wildman–Crippen LogP) is 3.64. The van der Waals surface area contributed by atoms with Gasteiger partial charge in [-0.05, 0) is 37.3 Å². The van der Waals surface area contributed by atoms with Gasteiger partial charge >= 0.3 is 5.97 Å². The van der Waals surface area contributed by atoms with Gasteiger partial charge in [0.15, 0.2) is 6.61 Å². The number of aryl methyl sites for hydroxylation is 2. The van der Waals surface area contributed by atoms with Gasteiger partial charge in [-0.25, -0.2) is 9.78 Å². The number of carbonyl (C=O) groups excluding carboxylic acids is 1. The predicted molar refractivity (Wildman–Crippen MR) is 98.6 cm³/mol. The summed E-state index contributed by atoms with van der Waals surface area (Å²) >= 11 is 0. The van der Waals surface area contributed by atoms with Gasteiger partial charge in [-0.3, -0.25) is 4.57 Å². The van der Waals surface area contributed by atoms with E-state index in [1.807, 2.05) is 50.2 Å². The van der Waals surface area contributed by atoms with Crippen molar-refractivity contribution in [3.8, 4) is 5.69 Å². The van der Waals surface area contributed by atoms with Gasteiger partial charge in [0.2, 0.25) is 5.89 Å². The summed E-state index contributed by atoms with van der Waals surface area (Å²) in [5.74, 6) is 1.19. The average molecular weight is 362 g/mol. The summed E-state index contributed by atoms with van der Waals surface area (Å²) in [5, 5.41) is 7.69. The zero-order valence-corrected chi connectivity index (χ0v) is 15.0. The Morgan fingerprint density at radius 2 is 1.89 bits per heavy atom. The van der Waals surface area contributed by atoms with Crippen LogP contribution in [-0.2, 0) is 17.8 Å². The molecule has 2 heterocycles. The van der Waals surface area contributed by atoms with E-state index in [0.29, 0.717) is 17.9 Å². The molecule has 0 bridgehead atoms. The van der Waals surface area contributed by atoms with Gasteiger partial charge < -0.3 is 9.15 Å². The number of benzene rings is 2. The minimum absolute atomic E-state index is 0.0542. The summed E-state index contributed by atoms with van der Waals surface area (Å²) in [6.07, 6.45) is 0.640. The van der Waals surface area contributed by atoms with E-state index >= 15 is 0 Å². The van der Waals surface area contributed by atoms with Crippen LogP contribution in [0, 0.1) is 6.92 Å². The van der Waals surface area contributed by atoms with E-state index in [1.54, 1.807) is 12.1 Å². The summed E-state index contributed by atoms with van der Waals surface area (Å²) < 4.78 is 12.7. The van der Waals surface area contributed by atoms with Crippen LogP contribution in [0.25, 0.3) is 16.7 Å². The van der Waals surface area contributed by atoms with E-state index in [0.717, 1.165) is 22.5 Å². The lowest BCUT2D eigenvalue weighted by atomic mass is 10.2. The second-order valence-corrected chi connectivity index (χ2v) is 6.05. The second kappa shape index (κ2) is 7.03. The lowest BCUT2D eigenvalue weighted by Crippen LogP contribution is -2.05. The maximum absolute atomic E-state index is 12.4. The molecule has 7 heteroatoms. The molecule has 4 aromatic rings. The largest absolute Gasteiger partial charge is 0.452 e. The van der Waals surface area contributed by atoms with Crippen LogP contribution in [0.5, 0.6) is 0 Å². The summed E-state index contributed by atoms with van der Waals surface area (Å²) in [5.41, 5.74) is 3.11. The molecule has 7 nitrogen and oxygen atoms in total. The van der Waals surface area contributed by atoms with Crippen LogP contribution in [0.4, 0.5) is 0 Å². The molecule has 0 saturated heterocycles. The first-order valence-electron chi connectivity index (χ1n) is 8.68. The molecule has 136 valence electrons. The van der Waals surface area contributed by atoms with Crippen LogP contribution in [0.3, 0.4) is 0 Å². The lowest BCUT2D eigenvalue weighted by molar-refractivity contribution is 0.0436. The smallest absolute Gasteiger partial charge is 0.338 e. The molecule has 0 aliphatic heterocycles. The maximum Gasteiger partial charge on any atom is 0.338 e. The van der Waals surface area contributed by atoms with Gasteiger partial charge in [0.1, 0.15) is 5.82 Å². The molecule has 0 fully saturated rings. The highest BCUT2D eigenvalue weighted by atomic mass is 16.5. The van der Waals surface area contributed by atoms with Gasteiger partial charge in [0.05, 0.1) is 16.6 Å². The number of carbonyl (C=O) groups is 1. The molecule has 2 aromatic carbocycles. The number of fused-ring (bicyclic) bond motifs is 1.